The summed E-state index contributed by atoms with van der Waals surface area (Å²) in [6, 6.07) is 6.18. The molecule has 2 rings (SSSR count). The third-order valence-electron chi connectivity index (χ3n) is 3.65. The Morgan fingerprint density at radius 3 is 2.76 bits per heavy atom. The number of benzene rings is 1. The fourth-order valence-corrected chi connectivity index (χ4v) is 2.12. The van der Waals surface area contributed by atoms with Crippen molar-refractivity contribution in [2.45, 2.75) is 32.4 Å². The molecule has 1 fully saturated rings. The van der Waals surface area contributed by atoms with Gasteiger partial charge in [0.05, 0.1) is 7.11 Å². The van der Waals surface area contributed by atoms with E-state index >= 15 is 0 Å². The predicted octanol–water partition coefficient (Wildman–Crippen LogP) is 1.80. The molecule has 1 aromatic carbocycles. The number of ether oxygens (including phenoxy) is 2. The Kier molecular flexibility index (Phi) is 5.44. The zero-order valence-corrected chi connectivity index (χ0v) is 13.0. The number of rotatable bonds is 8. The summed E-state index contributed by atoms with van der Waals surface area (Å²) in [5.74, 6) is 1.28. The minimum atomic E-state index is 0.0104. The van der Waals surface area contributed by atoms with Gasteiger partial charge in [-0.1, -0.05) is 13.0 Å². The average Bonchev–Trinajstić information content (AvgIpc) is 3.34. The van der Waals surface area contributed by atoms with Gasteiger partial charge in [-0.15, -0.1) is 0 Å². The third kappa shape index (κ3) is 4.36. The summed E-state index contributed by atoms with van der Waals surface area (Å²) in [6.07, 6.45) is 2.20. The lowest BCUT2D eigenvalue weighted by atomic mass is 10.2. The highest BCUT2D eigenvalue weighted by Crippen LogP contribution is 2.29. The largest absolute Gasteiger partial charge is 0.493 e. The molecule has 0 atom stereocenters. The van der Waals surface area contributed by atoms with E-state index < -0.39 is 0 Å². The molecule has 21 heavy (non-hydrogen) atoms. The van der Waals surface area contributed by atoms with Crippen molar-refractivity contribution in [3.05, 3.63) is 23.8 Å². The summed E-state index contributed by atoms with van der Waals surface area (Å²) in [5.41, 5.74) is 1.13. The van der Waals surface area contributed by atoms with Crippen LogP contribution in [-0.2, 0) is 11.3 Å². The molecule has 0 aromatic heterocycles. The molecule has 1 N–H and O–H groups in total. The fourth-order valence-electron chi connectivity index (χ4n) is 2.12. The highest BCUT2D eigenvalue weighted by molar-refractivity contribution is 5.78. The maximum absolute atomic E-state index is 12.0. The lowest BCUT2D eigenvalue weighted by Crippen LogP contribution is -2.33. The smallest absolute Gasteiger partial charge is 0.260 e. The van der Waals surface area contributed by atoms with E-state index in [-0.39, 0.29) is 12.5 Å². The lowest BCUT2D eigenvalue weighted by molar-refractivity contribution is -0.132. The molecule has 1 amide bonds. The Balaban J connectivity index is 1.93. The zero-order chi connectivity index (χ0) is 15.2. The molecular weight excluding hydrogens is 268 g/mol. The maximum atomic E-state index is 12.0. The van der Waals surface area contributed by atoms with Gasteiger partial charge in [-0.3, -0.25) is 4.79 Å². The summed E-state index contributed by atoms with van der Waals surface area (Å²) in [6.45, 7) is 3.83. The van der Waals surface area contributed by atoms with Crippen LogP contribution in [0.4, 0.5) is 0 Å². The van der Waals surface area contributed by atoms with Crippen molar-refractivity contribution in [3.8, 4) is 11.5 Å². The molecule has 0 radical (unpaired) electrons. The van der Waals surface area contributed by atoms with Crippen molar-refractivity contribution < 1.29 is 14.3 Å². The second-order valence-corrected chi connectivity index (χ2v) is 5.29. The second-order valence-electron chi connectivity index (χ2n) is 5.29. The molecule has 1 aromatic rings. The molecule has 5 nitrogen and oxygen atoms in total. The first-order valence-corrected chi connectivity index (χ1v) is 7.41. The Bertz CT molecular complexity index is 486. The van der Waals surface area contributed by atoms with Crippen LogP contribution in [-0.4, -0.2) is 44.2 Å². The predicted molar refractivity (Wildman–Crippen MR) is 81.7 cm³/mol. The number of methoxy groups -OCH3 is 1. The number of hydrogen-bond donors (Lipinski definition) is 1. The van der Waals surface area contributed by atoms with Crippen molar-refractivity contribution in [1.82, 2.24) is 10.2 Å². The lowest BCUT2D eigenvalue weighted by Gasteiger charge is -2.17. The highest BCUT2D eigenvalue weighted by Gasteiger charge is 2.29. The SMILES string of the molecule is CCNCc1ccc(OCC(=O)N(C)C2CC2)c(OC)c1. The van der Waals surface area contributed by atoms with Crippen molar-refractivity contribution in [2.75, 3.05) is 27.3 Å². The molecule has 5 heteroatoms. The van der Waals surface area contributed by atoms with Crippen LogP contribution in [0.5, 0.6) is 11.5 Å². The van der Waals surface area contributed by atoms with Crippen LogP contribution in [0.2, 0.25) is 0 Å². The number of amides is 1. The maximum Gasteiger partial charge on any atom is 0.260 e. The van der Waals surface area contributed by atoms with Crippen LogP contribution in [0.15, 0.2) is 18.2 Å². The van der Waals surface area contributed by atoms with E-state index in [1.54, 1.807) is 12.0 Å². The van der Waals surface area contributed by atoms with Crippen LogP contribution in [0.25, 0.3) is 0 Å². The van der Waals surface area contributed by atoms with E-state index in [2.05, 4.69) is 12.2 Å². The minimum absolute atomic E-state index is 0.0104. The van der Waals surface area contributed by atoms with Gasteiger partial charge < -0.3 is 19.7 Å². The number of likely N-dealkylation sites (N-methyl/N-ethyl adjacent to an activating group) is 1. The molecule has 1 aliphatic rings. The van der Waals surface area contributed by atoms with Crippen molar-refractivity contribution in [1.29, 1.82) is 0 Å². The Hall–Kier alpha value is -1.75. The van der Waals surface area contributed by atoms with E-state index in [1.165, 1.54) is 0 Å². The molecule has 0 aliphatic heterocycles. The summed E-state index contributed by atoms with van der Waals surface area (Å²) in [4.78, 5) is 13.7. The first-order valence-electron chi connectivity index (χ1n) is 7.41. The first-order chi connectivity index (χ1) is 10.2. The summed E-state index contributed by atoms with van der Waals surface area (Å²) < 4.78 is 11.0. The fraction of sp³-hybridized carbons (Fsp3) is 0.562. The molecule has 1 aliphatic carbocycles. The van der Waals surface area contributed by atoms with Crippen LogP contribution in [0.3, 0.4) is 0 Å². The Morgan fingerprint density at radius 2 is 2.14 bits per heavy atom. The monoisotopic (exact) mass is 292 g/mol. The quantitative estimate of drug-likeness (QED) is 0.794. The normalized spacial score (nSPS) is 13.9. The van der Waals surface area contributed by atoms with Crippen LogP contribution < -0.4 is 14.8 Å². The van der Waals surface area contributed by atoms with Gasteiger partial charge in [0, 0.05) is 19.6 Å². The Labute approximate surface area is 126 Å². The van der Waals surface area contributed by atoms with Crippen LogP contribution in [0, 0.1) is 0 Å². The topological polar surface area (TPSA) is 50.8 Å². The van der Waals surface area contributed by atoms with Crippen molar-refractivity contribution >= 4 is 5.91 Å². The zero-order valence-electron chi connectivity index (χ0n) is 13.0. The molecule has 0 heterocycles. The van der Waals surface area contributed by atoms with Gasteiger partial charge in [0.15, 0.2) is 18.1 Å². The molecule has 1 saturated carbocycles. The van der Waals surface area contributed by atoms with Gasteiger partial charge in [-0.25, -0.2) is 0 Å². The Morgan fingerprint density at radius 1 is 1.38 bits per heavy atom. The molecule has 0 spiro atoms. The number of nitrogens with zero attached hydrogens (tertiary/aromatic N) is 1. The van der Waals surface area contributed by atoms with E-state index in [0.29, 0.717) is 17.5 Å². The van der Waals surface area contributed by atoms with E-state index in [9.17, 15) is 4.79 Å². The van der Waals surface area contributed by atoms with Crippen molar-refractivity contribution in [3.63, 3.8) is 0 Å². The minimum Gasteiger partial charge on any atom is -0.493 e. The van der Waals surface area contributed by atoms with Crippen LogP contribution in [0.1, 0.15) is 25.3 Å². The average molecular weight is 292 g/mol. The van der Waals surface area contributed by atoms with E-state index in [1.807, 2.05) is 25.2 Å². The van der Waals surface area contributed by atoms with Gasteiger partial charge in [0.2, 0.25) is 0 Å². The summed E-state index contributed by atoms with van der Waals surface area (Å²) >= 11 is 0. The standard InChI is InChI=1S/C16H24N2O3/c1-4-17-10-12-5-8-14(15(9-12)20-3)21-11-16(19)18(2)13-6-7-13/h5,8-9,13,17H,4,6-7,10-11H2,1-3H3. The van der Waals surface area contributed by atoms with Gasteiger partial charge >= 0.3 is 0 Å². The number of carbonyl (C=O) groups is 1. The van der Waals surface area contributed by atoms with E-state index in [0.717, 1.165) is 31.5 Å². The highest BCUT2D eigenvalue weighted by atomic mass is 16.5. The molecule has 0 bridgehead atoms. The number of hydrogen-bond acceptors (Lipinski definition) is 4. The molecule has 116 valence electrons. The van der Waals surface area contributed by atoms with Gasteiger partial charge in [0.1, 0.15) is 0 Å². The van der Waals surface area contributed by atoms with Crippen molar-refractivity contribution in [2.24, 2.45) is 0 Å². The summed E-state index contributed by atoms with van der Waals surface area (Å²) in [5, 5.41) is 3.26. The third-order valence-corrected chi connectivity index (χ3v) is 3.65. The van der Waals surface area contributed by atoms with Gasteiger partial charge in [0.25, 0.3) is 5.91 Å². The van der Waals surface area contributed by atoms with Gasteiger partial charge in [-0.05, 0) is 37.1 Å². The number of nitrogens with one attached hydrogen (secondary N) is 1. The number of carbonyl (C=O) groups excluding carboxylic acids is 1. The molecule has 0 unspecified atom stereocenters. The molecular formula is C16H24N2O3. The summed E-state index contributed by atoms with van der Waals surface area (Å²) in [7, 11) is 3.44. The molecule has 0 saturated heterocycles. The van der Waals surface area contributed by atoms with Crippen LogP contribution >= 0.6 is 0 Å². The first kappa shape index (κ1) is 15.6. The second kappa shape index (κ2) is 7.31. The van der Waals surface area contributed by atoms with E-state index in [4.69, 9.17) is 9.47 Å². The van der Waals surface area contributed by atoms with Gasteiger partial charge in [-0.2, -0.15) is 0 Å².